The number of nitrogens with one attached hydrogen (secondary N) is 1. The molecule has 0 aliphatic rings. The van der Waals surface area contributed by atoms with Crippen molar-refractivity contribution in [2.24, 2.45) is 0 Å². The van der Waals surface area contributed by atoms with Crippen LogP contribution in [-0.2, 0) is 10.5 Å². The molecule has 6 heteroatoms. The number of anilines is 1. The zero-order valence-electron chi connectivity index (χ0n) is 13.6. The number of rotatable bonds is 5. The molecule has 1 amide bonds. The number of carbonyl (C=O) groups excluding carboxylic acids is 1. The largest absolute Gasteiger partial charge is 0.325 e. The number of aromatic nitrogens is 1. The van der Waals surface area contributed by atoms with Gasteiger partial charge in [0.15, 0.2) is 0 Å². The number of halogens is 2. The molecule has 1 aromatic heterocycles. The van der Waals surface area contributed by atoms with Gasteiger partial charge >= 0.3 is 0 Å². The molecule has 0 spiro atoms. The van der Waals surface area contributed by atoms with E-state index in [1.54, 1.807) is 12.1 Å². The SMILES string of the molecule is Cc1cc(NC(=O)CSCc2ccc(Cl)cc2Cl)c2ccccc2n1. The van der Waals surface area contributed by atoms with Gasteiger partial charge in [0.2, 0.25) is 5.91 Å². The summed E-state index contributed by atoms with van der Waals surface area (Å²) in [7, 11) is 0. The Balaban J connectivity index is 1.63. The van der Waals surface area contributed by atoms with Crippen molar-refractivity contribution < 1.29 is 4.79 Å². The number of benzene rings is 2. The Morgan fingerprint density at radius 2 is 1.96 bits per heavy atom. The molecule has 0 aliphatic carbocycles. The Morgan fingerprint density at radius 1 is 1.16 bits per heavy atom. The number of thioether (sulfide) groups is 1. The van der Waals surface area contributed by atoms with E-state index in [9.17, 15) is 4.79 Å². The molecule has 0 atom stereocenters. The number of fused-ring (bicyclic) bond motifs is 1. The van der Waals surface area contributed by atoms with Crippen molar-refractivity contribution in [3.63, 3.8) is 0 Å². The third kappa shape index (κ3) is 4.66. The Hall–Kier alpha value is -1.75. The number of hydrogen-bond donors (Lipinski definition) is 1. The summed E-state index contributed by atoms with van der Waals surface area (Å²) in [5, 5.41) is 5.15. The molecule has 2 aromatic carbocycles. The van der Waals surface area contributed by atoms with Crippen molar-refractivity contribution in [1.29, 1.82) is 0 Å². The van der Waals surface area contributed by atoms with Crippen LogP contribution in [0.3, 0.4) is 0 Å². The van der Waals surface area contributed by atoms with Crippen molar-refractivity contribution in [3.05, 3.63) is 69.8 Å². The van der Waals surface area contributed by atoms with Gasteiger partial charge in [-0.25, -0.2) is 0 Å². The number of carbonyl (C=O) groups is 1. The second-order valence-electron chi connectivity index (χ2n) is 5.61. The van der Waals surface area contributed by atoms with Crippen LogP contribution in [-0.4, -0.2) is 16.6 Å². The maximum absolute atomic E-state index is 12.3. The minimum Gasteiger partial charge on any atom is -0.325 e. The lowest BCUT2D eigenvalue weighted by Gasteiger charge is -2.10. The summed E-state index contributed by atoms with van der Waals surface area (Å²) in [5.74, 6) is 0.944. The maximum atomic E-state index is 12.3. The van der Waals surface area contributed by atoms with Crippen molar-refractivity contribution >= 4 is 57.5 Å². The lowest BCUT2D eigenvalue weighted by molar-refractivity contribution is -0.113. The molecule has 0 radical (unpaired) electrons. The van der Waals surface area contributed by atoms with Gasteiger partial charge in [-0.15, -0.1) is 11.8 Å². The Bertz CT molecular complexity index is 930. The van der Waals surface area contributed by atoms with Gasteiger partial charge in [-0.05, 0) is 36.8 Å². The zero-order chi connectivity index (χ0) is 17.8. The molecule has 25 heavy (non-hydrogen) atoms. The van der Waals surface area contributed by atoms with E-state index in [1.165, 1.54) is 11.8 Å². The van der Waals surface area contributed by atoms with E-state index >= 15 is 0 Å². The van der Waals surface area contributed by atoms with Crippen LogP contribution in [0.1, 0.15) is 11.3 Å². The van der Waals surface area contributed by atoms with Crippen LogP contribution >= 0.6 is 35.0 Å². The predicted molar refractivity (Wildman–Crippen MR) is 108 cm³/mol. The first-order chi connectivity index (χ1) is 12.0. The summed E-state index contributed by atoms with van der Waals surface area (Å²) in [6.07, 6.45) is 0. The van der Waals surface area contributed by atoms with E-state index < -0.39 is 0 Å². The molecule has 3 rings (SSSR count). The molecule has 1 heterocycles. The molecule has 0 saturated carbocycles. The molecule has 3 aromatic rings. The highest BCUT2D eigenvalue weighted by atomic mass is 35.5. The van der Waals surface area contributed by atoms with E-state index in [4.69, 9.17) is 23.2 Å². The monoisotopic (exact) mass is 390 g/mol. The van der Waals surface area contributed by atoms with E-state index in [2.05, 4.69) is 10.3 Å². The number of pyridine rings is 1. The molecule has 0 saturated heterocycles. The van der Waals surface area contributed by atoms with Gasteiger partial charge in [0.1, 0.15) is 0 Å². The molecule has 1 N–H and O–H groups in total. The third-order valence-corrected chi connectivity index (χ3v) is 5.19. The molecule has 128 valence electrons. The first-order valence-corrected chi connectivity index (χ1v) is 9.62. The van der Waals surface area contributed by atoms with Gasteiger partial charge in [0.05, 0.1) is 17.0 Å². The molecular weight excluding hydrogens is 375 g/mol. The first-order valence-electron chi connectivity index (χ1n) is 7.71. The second-order valence-corrected chi connectivity index (χ2v) is 7.43. The first kappa shape index (κ1) is 18.1. The minimum absolute atomic E-state index is 0.0501. The molecule has 3 nitrogen and oxygen atoms in total. The topological polar surface area (TPSA) is 42.0 Å². The van der Waals surface area contributed by atoms with E-state index in [-0.39, 0.29) is 5.91 Å². The van der Waals surface area contributed by atoms with E-state index in [1.807, 2.05) is 43.3 Å². The highest BCUT2D eigenvalue weighted by Crippen LogP contribution is 2.26. The highest BCUT2D eigenvalue weighted by Gasteiger charge is 2.09. The van der Waals surface area contributed by atoms with Crippen LogP contribution in [0.25, 0.3) is 10.9 Å². The normalized spacial score (nSPS) is 10.8. The quantitative estimate of drug-likeness (QED) is 0.605. The Kier molecular flexibility index (Phi) is 5.84. The molecule has 0 bridgehead atoms. The van der Waals surface area contributed by atoms with E-state index in [0.29, 0.717) is 21.6 Å². The fourth-order valence-electron chi connectivity index (χ4n) is 2.49. The van der Waals surface area contributed by atoms with Crippen molar-refractivity contribution in [1.82, 2.24) is 4.98 Å². The van der Waals surface area contributed by atoms with Crippen LogP contribution in [0.5, 0.6) is 0 Å². The van der Waals surface area contributed by atoms with Crippen molar-refractivity contribution in [2.45, 2.75) is 12.7 Å². The fourth-order valence-corrected chi connectivity index (χ4v) is 3.88. The number of nitrogens with zero attached hydrogens (tertiary/aromatic N) is 1. The predicted octanol–water partition coefficient (Wildman–Crippen LogP) is 5.72. The molecule has 0 fully saturated rings. The van der Waals surface area contributed by atoms with Gasteiger partial charge in [0, 0.05) is 26.9 Å². The minimum atomic E-state index is -0.0501. The Morgan fingerprint density at radius 3 is 2.76 bits per heavy atom. The second kappa shape index (κ2) is 8.09. The summed E-state index contributed by atoms with van der Waals surface area (Å²) in [4.78, 5) is 16.8. The average Bonchev–Trinajstić information content (AvgIpc) is 2.56. The van der Waals surface area contributed by atoms with Crippen LogP contribution in [0.2, 0.25) is 10.0 Å². The lowest BCUT2D eigenvalue weighted by atomic mass is 10.1. The molecule has 0 aliphatic heterocycles. The molecular formula is C19H16Cl2N2OS. The van der Waals surface area contributed by atoms with Gasteiger partial charge in [-0.1, -0.05) is 47.5 Å². The summed E-state index contributed by atoms with van der Waals surface area (Å²) < 4.78 is 0. The maximum Gasteiger partial charge on any atom is 0.234 e. The van der Waals surface area contributed by atoms with Crippen molar-refractivity contribution in [2.75, 3.05) is 11.1 Å². The van der Waals surface area contributed by atoms with Crippen LogP contribution in [0.15, 0.2) is 48.5 Å². The van der Waals surface area contributed by atoms with Gasteiger partial charge < -0.3 is 5.32 Å². The highest BCUT2D eigenvalue weighted by molar-refractivity contribution is 7.99. The lowest BCUT2D eigenvalue weighted by Crippen LogP contribution is -2.14. The number of aryl methyl sites for hydroxylation is 1. The third-order valence-electron chi connectivity index (χ3n) is 3.62. The van der Waals surface area contributed by atoms with Crippen LogP contribution in [0.4, 0.5) is 5.69 Å². The summed E-state index contributed by atoms with van der Waals surface area (Å²) in [6, 6.07) is 15.1. The smallest absolute Gasteiger partial charge is 0.234 e. The fraction of sp³-hybridized carbons (Fsp3) is 0.158. The van der Waals surface area contributed by atoms with Crippen molar-refractivity contribution in [3.8, 4) is 0 Å². The zero-order valence-corrected chi connectivity index (χ0v) is 15.9. The van der Waals surface area contributed by atoms with Gasteiger partial charge in [-0.2, -0.15) is 0 Å². The summed E-state index contributed by atoms with van der Waals surface area (Å²) in [6.45, 7) is 1.92. The Labute approximate surface area is 160 Å². The number of para-hydroxylation sites is 1. The number of hydrogen-bond acceptors (Lipinski definition) is 3. The average molecular weight is 391 g/mol. The van der Waals surface area contributed by atoms with Crippen LogP contribution in [0, 0.1) is 6.92 Å². The van der Waals surface area contributed by atoms with Gasteiger partial charge in [0.25, 0.3) is 0 Å². The summed E-state index contributed by atoms with van der Waals surface area (Å²) in [5.41, 5.74) is 3.50. The molecule has 0 unspecified atom stereocenters. The number of amides is 1. The standard InChI is InChI=1S/C19H16Cl2N2OS/c1-12-8-18(15-4-2-3-5-17(15)22-12)23-19(24)11-25-10-13-6-7-14(20)9-16(13)21/h2-9H,10-11H2,1H3,(H,22,23,24). The van der Waals surface area contributed by atoms with Crippen LogP contribution < -0.4 is 5.32 Å². The summed E-state index contributed by atoms with van der Waals surface area (Å²) >= 11 is 13.6. The van der Waals surface area contributed by atoms with Gasteiger partial charge in [-0.3, -0.25) is 9.78 Å². The van der Waals surface area contributed by atoms with E-state index in [0.717, 1.165) is 27.8 Å².